The molecule has 0 amide bonds. The molecule has 2 unspecified atom stereocenters. The second-order valence-electron chi connectivity index (χ2n) is 6.15. The summed E-state index contributed by atoms with van der Waals surface area (Å²) in [5.41, 5.74) is -0.0185. The molecule has 0 aromatic heterocycles. The number of hydrogen-bond donors (Lipinski definition) is 1. The average molecular weight is 356 g/mol. The second kappa shape index (κ2) is 5.45. The van der Waals surface area contributed by atoms with Crippen LogP contribution in [0.15, 0.2) is 16.6 Å². The minimum atomic E-state index is -0.859. The quantitative estimate of drug-likeness (QED) is 0.901. The Kier molecular flexibility index (Phi) is 3.93. The van der Waals surface area contributed by atoms with Crippen molar-refractivity contribution in [3.8, 4) is 11.5 Å². The Bertz CT molecular complexity index is 547. The number of β-amino-alcohol motifs (C(OH)–C–C–N with tert-alkyl or cyclic N) is 1. The summed E-state index contributed by atoms with van der Waals surface area (Å²) in [5.74, 6) is 1.38. The highest BCUT2D eigenvalue weighted by molar-refractivity contribution is 9.10. The number of rotatable bonds is 4. The minimum absolute atomic E-state index is 0.396. The molecule has 0 bridgehead atoms. The molecular weight excluding hydrogens is 334 g/mol. The van der Waals surface area contributed by atoms with Crippen molar-refractivity contribution >= 4 is 15.9 Å². The summed E-state index contributed by atoms with van der Waals surface area (Å²) in [6.07, 6.45) is 3.24. The molecule has 1 N–H and O–H groups in total. The van der Waals surface area contributed by atoms with Crippen LogP contribution in [0.2, 0.25) is 0 Å². The molecule has 3 rings (SSSR count). The number of methoxy groups -OCH3 is 2. The van der Waals surface area contributed by atoms with Crippen LogP contribution in [-0.4, -0.2) is 42.9 Å². The zero-order valence-corrected chi connectivity index (χ0v) is 14.3. The Balaban J connectivity index is 1.97. The van der Waals surface area contributed by atoms with Crippen LogP contribution >= 0.6 is 15.9 Å². The van der Waals surface area contributed by atoms with Gasteiger partial charge in [-0.25, -0.2) is 0 Å². The maximum Gasteiger partial charge on any atom is 0.142 e. The first-order valence-electron chi connectivity index (χ1n) is 7.39. The SMILES string of the molecule is COc1ccc(C2(O)CC(C)N(C3CC3)C2)c(OC)c1Br. The van der Waals surface area contributed by atoms with Crippen LogP contribution in [0.25, 0.3) is 0 Å². The number of benzene rings is 1. The number of hydrogen-bond acceptors (Lipinski definition) is 4. The van der Waals surface area contributed by atoms with Crippen LogP contribution in [0.4, 0.5) is 0 Å². The van der Waals surface area contributed by atoms with Gasteiger partial charge in [0.2, 0.25) is 0 Å². The van der Waals surface area contributed by atoms with E-state index in [2.05, 4.69) is 27.8 Å². The van der Waals surface area contributed by atoms with Crippen molar-refractivity contribution in [1.29, 1.82) is 0 Å². The highest BCUT2D eigenvalue weighted by Crippen LogP contribution is 2.47. The van der Waals surface area contributed by atoms with Crippen molar-refractivity contribution in [2.75, 3.05) is 20.8 Å². The minimum Gasteiger partial charge on any atom is -0.495 e. The number of nitrogens with zero attached hydrogens (tertiary/aromatic N) is 1. The van der Waals surface area contributed by atoms with E-state index in [9.17, 15) is 5.11 Å². The standard InChI is InChI=1S/C16H22BrNO3/c1-10-8-16(19,9-18(10)11-4-5-11)12-6-7-13(20-2)14(17)15(12)21-3/h6-7,10-11,19H,4-5,8-9H2,1-3H3. The van der Waals surface area contributed by atoms with Gasteiger partial charge in [0.05, 0.1) is 14.2 Å². The second-order valence-corrected chi connectivity index (χ2v) is 6.94. The number of ether oxygens (including phenoxy) is 2. The number of likely N-dealkylation sites (tertiary alicyclic amines) is 1. The smallest absolute Gasteiger partial charge is 0.142 e. The highest BCUT2D eigenvalue weighted by atomic mass is 79.9. The van der Waals surface area contributed by atoms with Gasteiger partial charge in [0.15, 0.2) is 0 Å². The molecule has 1 saturated heterocycles. The van der Waals surface area contributed by atoms with E-state index in [1.165, 1.54) is 12.8 Å². The van der Waals surface area contributed by atoms with Crippen molar-refractivity contribution in [2.24, 2.45) is 0 Å². The third-order valence-corrected chi connectivity index (χ3v) is 5.40. The lowest BCUT2D eigenvalue weighted by atomic mass is 9.90. The summed E-state index contributed by atoms with van der Waals surface area (Å²) in [7, 11) is 3.25. The predicted molar refractivity (Wildman–Crippen MR) is 84.9 cm³/mol. The molecular formula is C16H22BrNO3. The molecule has 1 heterocycles. The zero-order valence-electron chi connectivity index (χ0n) is 12.7. The van der Waals surface area contributed by atoms with E-state index in [0.717, 1.165) is 16.5 Å². The molecule has 1 aliphatic heterocycles. The van der Waals surface area contributed by atoms with Crippen LogP contribution in [-0.2, 0) is 5.60 Å². The molecule has 116 valence electrons. The van der Waals surface area contributed by atoms with E-state index in [-0.39, 0.29) is 0 Å². The van der Waals surface area contributed by atoms with Crippen molar-refractivity contribution < 1.29 is 14.6 Å². The third kappa shape index (κ3) is 2.56. The van der Waals surface area contributed by atoms with E-state index in [0.29, 0.717) is 30.1 Å². The van der Waals surface area contributed by atoms with Gasteiger partial charge in [-0.2, -0.15) is 0 Å². The fraction of sp³-hybridized carbons (Fsp3) is 0.625. The van der Waals surface area contributed by atoms with Crippen molar-refractivity contribution in [1.82, 2.24) is 4.90 Å². The molecule has 1 aromatic rings. The summed E-state index contributed by atoms with van der Waals surface area (Å²) in [6, 6.07) is 4.85. The first-order valence-corrected chi connectivity index (χ1v) is 8.18. The van der Waals surface area contributed by atoms with Gasteiger partial charge >= 0.3 is 0 Å². The maximum absolute atomic E-state index is 11.2. The lowest BCUT2D eigenvalue weighted by Crippen LogP contribution is -2.33. The van der Waals surface area contributed by atoms with Gasteiger partial charge in [-0.3, -0.25) is 4.90 Å². The van der Waals surface area contributed by atoms with E-state index >= 15 is 0 Å². The predicted octanol–water partition coefficient (Wildman–Crippen LogP) is 2.91. The fourth-order valence-electron chi connectivity index (χ4n) is 3.48. The summed E-state index contributed by atoms with van der Waals surface area (Å²) in [4.78, 5) is 2.43. The first kappa shape index (κ1) is 15.1. The monoisotopic (exact) mass is 355 g/mol. The van der Waals surface area contributed by atoms with Crippen LogP contribution < -0.4 is 9.47 Å². The Morgan fingerprint density at radius 3 is 2.57 bits per heavy atom. The molecule has 2 aliphatic rings. The first-order chi connectivity index (χ1) is 10.00. The molecule has 2 atom stereocenters. The topological polar surface area (TPSA) is 41.9 Å². The van der Waals surface area contributed by atoms with E-state index in [1.807, 2.05) is 12.1 Å². The van der Waals surface area contributed by atoms with Crippen LogP contribution in [0.5, 0.6) is 11.5 Å². The highest BCUT2D eigenvalue weighted by Gasteiger charge is 2.48. The lowest BCUT2D eigenvalue weighted by Gasteiger charge is -2.27. The summed E-state index contributed by atoms with van der Waals surface area (Å²) < 4.78 is 11.6. The third-order valence-electron chi connectivity index (χ3n) is 4.65. The molecule has 2 fully saturated rings. The summed E-state index contributed by atoms with van der Waals surface area (Å²) in [6.45, 7) is 2.87. The summed E-state index contributed by atoms with van der Waals surface area (Å²) >= 11 is 3.52. The Hall–Kier alpha value is -0.780. The normalized spacial score (nSPS) is 29.7. The Morgan fingerprint density at radius 1 is 1.29 bits per heavy atom. The van der Waals surface area contributed by atoms with Gasteiger partial charge in [0.1, 0.15) is 21.6 Å². The lowest BCUT2D eigenvalue weighted by molar-refractivity contribution is 0.0425. The van der Waals surface area contributed by atoms with Gasteiger partial charge in [0, 0.05) is 24.2 Å². The van der Waals surface area contributed by atoms with E-state index < -0.39 is 5.60 Å². The van der Waals surface area contributed by atoms with Gasteiger partial charge in [-0.05, 0) is 54.2 Å². The van der Waals surface area contributed by atoms with Gasteiger partial charge < -0.3 is 14.6 Å². The summed E-state index contributed by atoms with van der Waals surface area (Å²) in [5, 5.41) is 11.2. The molecule has 1 aromatic carbocycles. The molecule has 5 heteroatoms. The van der Waals surface area contributed by atoms with Crippen LogP contribution in [0.1, 0.15) is 31.7 Å². The number of halogens is 1. The van der Waals surface area contributed by atoms with Crippen LogP contribution in [0.3, 0.4) is 0 Å². The van der Waals surface area contributed by atoms with Gasteiger partial charge in [-0.15, -0.1) is 0 Å². The Morgan fingerprint density at radius 2 is 2.00 bits per heavy atom. The fourth-order valence-corrected chi connectivity index (χ4v) is 4.15. The molecule has 0 spiro atoms. The molecule has 21 heavy (non-hydrogen) atoms. The van der Waals surface area contributed by atoms with Crippen molar-refractivity contribution in [3.63, 3.8) is 0 Å². The molecule has 0 radical (unpaired) electrons. The average Bonchev–Trinajstić information content (AvgIpc) is 3.24. The van der Waals surface area contributed by atoms with Crippen molar-refractivity contribution in [2.45, 2.75) is 43.9 Å². The Labute approximate surface area is 134 Å². The largest absolute Gasteiger partial charge is 0.495 e. The van der Waals surface area contributed by atoms with Gasteiger partial charge in [0.25, 0.3) is 0 Å². The maximum atomic E-state index is 11.2. The molecule has 1 saturated carbocycles. The molecule has 1 aliphatic carbocycles. The van der Waals surface area contributed by atoms with E-state index in [4.69, 9.17) is 9.47 Å². The van der Waals surface area contributed by atoms with E-state index in [1.54, 1.807) is 14.2 Å². The van der Waals surface area contributed by atoms with Crippen molar-refractivity contribution in [3.05, 3.63) is 22.2 Å². The zero-order chi connectivity index (χ0) is 15.2. The van der Waals surface area contributed by atoms with Gasteiger partial charge in [-0.1, -0.05) is 0 Å². The van der Waals surface area contributed by atoms with Crippen LogP contribution in [0, 0.1) is 0 Å². The molecule has 4 nitrogen and oxygen atoms in total. The number of aliphatic hydroxyl groups is 1.